The van der Waals surface area contributed by atoms with Crippen LogP contribution in [0.2, 0.25) is 0 Å². The van der Waals surface area contributed by atoms with E-state index in [4.69, 9.17) is 5.73 Å². The molecule has 2 aromatic rings. The molecule has 0 saturated carbocycles. The molecule has 3 N–H and O–H groups in total. The second-order valence-electron chi connectivity index (χ2n) is 4.12. The Kier molecular flexibility index (Phi) is 4.91. The van der Waals surface area contributed by atoms with Gasteiger partial charge in [-0.25, -0.2) is 8.42 Å². The molecule has 1 aromatic heterocycles. The maximum Gasteiger partial charge on any atom is 0.263 e. The van der Waals surface area contributed by atoms with Crippen molar-refractivity contribution < 1.29 is 8.42 Å². The first-order valence-electron chi connectivity index (χ1n) is 5.60. The fourth-order valence-corrected chi connectivity index (χ4v) is 5.46. The Hall–Kier alpha value is -0.410. The zero-order valence-electron chi connectivity index (χ0n) is 10.5. The summed E-state index contributed by atoms with van der Waals surface area (Å²) in [6, 6.07) is 6.87. The van der Waals surface area contributed by atoms with Crippen LogP contribution < -0.4 is 10.5 Å². The number of benzene rings is 1. The van der Waals surface area contributed by atoms with Crippen molar-refractivity contribution in [3.8, 4) is 0 Å². The third-order valence-corrected chi connectivity index (χ3v) is 7.15. The van der Waals surface area contributed by atoms with Gasteiger partial charge in [0, 0.05) is 21.6 Å². The maximum atomic E-state index is 12.4. The third kappa shape index (κ3) is 3.43. The molecule has 0 radical (unpaired) electrons. The van der Waals surface area contributed by atoms with Gasteiger partial charge in [0.05, 0.1) is 3.79 Å². The molecule has 4 nitrogen and oxygen atoms in total. The summed E-state index contributed by atoms with van der Waals surface area (Å²) in [5.41, 5.74) is 7.02. The summed E-state index contributed by atoms with van der Waals surface area (Å²) in [6.07, 6.45) is 0. The summed E-state index contributed by atoms with van der Waals surface area (Å²) in [5, 5.41) is 0. The van der Waals surface area contributed by atoms with Crippen molar-refractivity contribution in [1.29, 1.82) is 0 Å². The van der Waals surface area contributed by atoms with Crippen LogP contribution in [0.3, 0.4) is 0 Å². The first-order chi connectivity index (χ1) is 9.33. The molecule has 0 aliphatic carbocycles. The van der Waals surface area contributed by atoms with E-state index in [1.165, 1.54) is 11.3 Å². The van der Waals surface area contributed by atoms with Gasteiger partial charge in [-0.3, -0.25) is 4.72 Å². The fraction of sp³-hybridized carbons (Fsp3) is 0.167. The zero-order chi connectivity index (χ0) is 14.9. The van der Waals surface area contributed by atoms with Crippen LogP contribution in [0.5, 0.6) is 0 Å². The Balaban J connectivity index is 2.35. The van der Waals surface area contributed by atoms with Crippen molar-refractivity contribution in [3.05, 3.63) is 43.0 Å². The Morgan fingerprint density at radius 3 is 2.55 bits per heavy atom. The molecule has 0 aliphatic rings. The van der Waals surface area contributed by atoms with Gasteiger partial charge in [-0.15, -0.1) is 11.3 Å². The highest BCUT2D eigenvalue weighted by Crippen LogP contribution is 2.33. The number of hydrogen-bond acceptors (Lipinski definition) is 4. The lowest BCUT2D eigenvalue weighted by Crippen LogP contribution is -2.12. The van der Waals surface area contributed by atoms with Crippen molar-refractivity contribution in [1.82, 2.24) is 0 Å². The Morgan fingerprint density at radius 1 is 1.30 bits per heavy atom. The SMILES string of the molecule is Cc1cc(NS(=O)(=O)c2cc(CN)sc2Br)ccc1Br. The van der Waals surface area contributed by atoms with Crippen LogP contribution in [0.1, 0.15) is 10.4 Å². The lowest BCUT2D eigenvalue weighted by Gasteiger charge is -2.08. The van der Waals surface area contributed by atoms with E-state index in [1.807, 2.05) is 6.92 Å². The number of rotatable bonds is 4. The van der Waals surface area contributed by atoms with Gasteiger partial charge in [0.1, 0.15) is 4.90 Å². The van der Waals surface area contributed by atoms with Crippen LogP contribution in [0.15, 0.2) is 37.4 Å². The molecule has 1 aromatic carbocycles. The van der Waals surface area contributed by atoms with Gasteiger partial charge in [0.15, 0.2) is 0 Å². The largest absolute Gasteiger partial charge is 0.326 e. The number of hydrogen-bond donors (Lipinski definition) is 2. The molecule has 1 heterocycles. The Morgan fingerprint density at radius 2 is 2.00 bits per heavy atom. The zero-order valence-corrected chi connectivity index (χ0v) is 15.3. The van der Waals surface area contributed by atoms with E-state index in [1.54, 1.807) is 24.3 Å². The highest BCUT2D eigenvalue weighted by molar-refractivity contribution is 9.11. The van der Waals surface area contributed by atoms with E-state index in [0.29, 0.717) is 16.0 Å². The van der Waals surface area contributed by atoms with Gasteiger partial charge >= 0.3 is 0 Å². The van der Waals surface area contributed by atoms with E-state index in [2.05, 4.69) is 36.6 Å². The number of nitrogens with one attached hydrogen (secondary N) is 1. The van der Waals surface area contributed by atoms with Gasteiger partial charge in [-0.1, -0.05) is 15.9 Å². The first-order valence-corrected chi connectivity index (χ1v) is 9.49. The molecule has 0 fully saturated rings. The number of sulfonamides is 1. The second-order valence-corrected chi connectivity index (χ2v) is 9.08. The van der Waals surface area contributed by atoms with Crippen molar-refractivity contribution in [2.24, 2.45) is 5.73 Å². The molecule has 0 saturated heterocycles. The molecule has 0 atom stereocenters. The minimum absolute atomic E-state index is 0.212. The first kappa shape index (κ1) is 16.0. The van der Waals surface area contributed by atoms with Gasteiger partial charge < -0.3 is 5.73 Å². The summed E-state index contributed by atoms with van der Waals surface area (Å²) in [6.45, 7) is 2.21. The molecule has 8 heteroatoms. The van der Waals surface area contributed by atoms with Crippen molar-refractivity contribution in [2.45, 2.75) is 18.4 Å². The van der Waals surface area contributed by atoms with E-state index < -0.39 is 10.0 Å². The maximum absolute atomic E-state index is 12.4. The molecule has 0 aliphatic heterocycles. The number of anilines is 1. The van der Waals surface area contributed by atoms with Crippen LogP contribution in [-0.2, 0) is 16.6 Å². The summed E-state index contributed by atoms with van der Waals surface area (Å²) >= 11 is 7.97. The fourth-order valence-electron chi connectivity index (χ4n) is 1.60. The van der Waals surface area contributed by atoms with E-state index >= 15 is 0 Å². The number of halogens is 2. The topological polar surface area (TPSA) is 72.2 Å². The summed E-state index contributed by atoms with van der Waals surface area (Å²) in [4.78, 5) is 1.02. The van der Waals surface area contributed by atoms with Crippen molar-refractivity contribution in [3.63, 3.8) is 0 Å². The van der Waals surface area contributed by atoms with Gasteiger partial charge in [0.2, 0.25) is 0 Å². The average molecular weight is 440 g/mol. The monoisotopic (exact) mass is 438 g/mol. The molecule has 108 valence electrons. The highest BCUT2D eigenvalue weighted by Gasteiger charge is 2.21. The van der Waals surface area contributed by atoms with E-state index in [9.17, 15) is 8.42 Å². The molecular weight excluding hydrogens is 428 g/mol. The highest BCUT2D eigenvalue weighted by atomic mass is 79.9. The normalized spacial score (nSPS) is 11.6. The summed E-state index contributed by atoms with van der Waals surface area (Å²) in [5.74, 6) is 0. The summed E-state index contributed by atoms with van der Waals surface area (Å²) < 4.78 is 28.8. The quantitative estimate of drug-likeness (QED) is 0.759. The van der Waals surface area contributed by atoms with Crippen LogP contribution >= 0.6 is 43.2 Å². The molecule has 0 unspecified atom stereocenters. The van der Waals surface area contributed by atoms with Crippen LogP contribution in [0.4, 0.5) is 5.69 Å². The number of aryl methyl sites for hydroxylation is 1. The van der Waals surface area contributed by atoms with Gasteiger partial charge in [-0.05, 0) is 52.7 Å². The minimum atomic E-state index is -3.62. The number of thiophene rings is 1. The smallest absolute Gasteiger partial charge is 0.263 e. The lowest BCUT2D eigenvalue weighted by atomic mass is 10.2. The standard InChI is InChI=1S/C12H12Br2N2O2S2/c1-7-4-8(2-3-10(7)13)16-20(17,18)11-5-9(6-15)19-12(11)14/h2-5,16H,6,15H2,1H3. The third-order valence-electron chi connectivity index (χ3n) is 2.61. The minimum Gasteiger partial charge on any atom is -0.326 e. The Labute approximate surface area is 138 Å². The molecule has 2 rings (SSSR count). The predicted octanol–water partition coefficient (Wildman–Crippen LogP) is 3.84. The number of nitrogens with two attached hydrogens (primary N) is 1. The second kappa shape index (κ2) is 6.15. The predicted molar refractivity (Wildman–Crippen MR) is 89.6 cm³/mol. The molecule has 20 heavy (non-hydrogen) atoms. The van der Waals surface area contributed by atoms with Gasteiger partial charge in [-0.2, -0.15) is 0 Å². The average Bonchev–Trinajstić information content (AvgIpc) is 2.76. The Bertz CT molecular complexity index is 742. The van der Waals surface area contributed by atoms with Crippen LogP contribution in [0, 0.1) is 6.92 Å². The lowest BCUT2D eigenvalue weighted by molar-refractivity contribution is 0.601. The molecular formula is C12H12Br2N2O2S2. The van der Waals surface area contributed by atoms with Crippen molar-refractivity contribution >= 4 is 58.9 Å². The molecule has 0 amide bonds. The van der Waals surface area contributed by atoms with E-state index in [0.717, 1.165) is 14.9 Å². The molecule has 0 spiro atoms. The van der Waals surface area contributed by atoms with Gasteiger partial charge in [0.25, 0.3) is 10.0 Å². The summed E-state index contributed by atoms with van der Waals surface area (Å²) in [7, 11) is -3.62. The van der Waals surface area contributed by atoms with Crippen LogP contribution in [0.25, 0.3) is 0 Å². The van der Waals surface area contributed by atoms with Crippen LogP contribution in [-0.4, -0.2) is 8.42 Å². The molecule has 0 bridgehead atoms. The van der Waals surface area contributed by atoms with E-state index in [-0.39, 0.29) is 4.90 Å². The van der Waals surface area contributed by atoms with Crippen molar-refractivity contribution in [2.75, 3.05) is 4.72 Å².